The lowest BCUT2D eigenvalue weighted by Crippen LogP contribution is -2.62. The maximum atomic E-state index is 11.3. The standard InChI is InChI=1S/C9H11NO3S/c1-2-5-4-14-7-3-6(11)10(7)8(5)9(12)13/h2,4-5,7-8,14H,1,3H2,(H,12,13). The Labute approximate surface area is 85.2 Å². The van der Waals surface area contributed by atoms with E-state index in [0.717, 1.165) is 11.4 Å². The zero-order valence-electron chi connectivity index (χ0n) is 7.46. The number of β-lactam (4-membered cyclic amide) rings is 1. The number of hydrogen-bond donors (Lipinski definition) is 2. The SMILES string of the molecule is C=CC1C=[SH]C2CC(=O)N2C1C(=O)O. The number of nitrogens with zero attached hydrogens (tertiary/aromatic N) is 1. The fourth-order valence-electron chi connectivity index (χ4n) is 1.82. The minimum absolute atomic E-state index is 0.0603. The van der Waals surface area contributed by atoms with Crippen LogP contribution in [0.25, 0.3) is 0 Å². The van der Waals surface area contributed by atoms with Crippen LogP contribution < -0.4 is 0 Å². The minimum Gasteiger partial charge on any atom is -0.480 e. The van der Waals surface area contributed by atoms with E-state index in [9.17, 15) is 9.59 Å². The Morgan fingerprint density at radius 1 is 1.79 bits per heavy atom. The molecule has 3 unspecified atom stereocenters. The van der Waals surface area contributed by atoms with Crippen molar-refractivity contribution in [2.45, 2.75) is 17.8 Å². The molecule has 0 bridgehead atoms. The molecule has 1 saturated heterocycles. The third-order valence-electron chi connectivity index (χ3n) is 2.59. The van der Waals surface area contributed by atoms with E-state index < -0.39 is 12.0 Å². The van der Waals surface area contributed by atoms with Crippen LogP contribution >= 0.6 is 11.4 Å². The van der Waals surface area contributed by atoms with Crippen molar-refractivity contribution in [1.82, 2.24) is 4.90 Å². The highest BCUT2D eigenvalue weighted by molar-refractivity contribution is 7.98. The summed E-state index contributed by atoms with van der Waals surface area (Å²) in [7, 11) is 0. The highest BCUT2D eigenvalue weighted by Crippen LogP contribution is 2.34. The van der Waals surface area contributed by atoms with Gasteiger partial charge < -0.3 is 10.0 Å². The molecule has 0 aliphatic carbocycles. The molecule has 0 radical (unpaired) electrons. The topological polar surface area (TPSA) is 57.6 Å². The molecule has 76 valence electrons. The summed E-state index contributed by atoms with van der Waals surface area (Å²) >= 11 is 1.03. The van der Waals surface area contributed by atoms with Gasteiger partial charge >= 0.3 is 5.97 Å². The molecule has 0 aromatic heterocycles. The lowest BCUT2D eigenvalue weighted by molar-refractivity contribution is -0.158. The predicted octanol–water partition coefficient (Wildman–Crippen LogP) is 0.0815. The third kappa shape index (κ3) is 1.19. The third-order valence-corrected chi connectivity index (χ3v) is 3.88. The Hall–Kier alpha value is -1.10. The van der Waals surface area contributed by atoms with E-state index in [2.05, 4.69) is 6.58 Å². The van der Waals surface area contributed by atoms with Crippen LogP contribution in [0.1, 0.15) is 6.42 Å². The molecular formula is C9H11NO3S. The van der Waals surface area contributed by atoms with Crippen LogP contribution in [0.4, 0.5) is 0 Å². The molecule has 4 nitrogen and oxygen atoms in total. The smallest absolute Gasteiger partial charge is 0.327 e. The minimum atomic E-state index is -0.945. The van der Waals surface area contributed by atoms with Gasteiger partial charge in [0, 0.05) is 5.92 Å². The van der Waals surface area contributed by atoms with Gasteiger partial charge in [-0.3, -0.25) is 4.79 Å². The Morgan fingerprint density at radius 3 is 3.00 bits per heavy atom. The Kier molecular flexibility index (Phi) is 2.19. The zero-order valence-corrected chi connectivity index (χ0v) is 8.35. The van der Waals surface area contributed by atoms with E-state index in [1.807, 2.05) is 5.37 Å². The summed E-state index contributed by atoms with van der Waals surface area (Å²) in [5.41, 5.74) is 0. The Morgan fingerprint density at radius 2 is 2.50 bits per heavy atom. The van der Waals surface area contributed by atoms with Crippen LogP contribution in [0.15, 0.2) is 12.7 Å². The summed E-state index contributed by atoms with van der Waals surface area (Å²) in [6.45, 7) is 3.59. The lowest BCUT2D eigenvalue weighted by Gasteiger charge is -2.46. The number of rotatable bonds is 2. The van der Waals surface area contributed by atoms with E-state index in [1.165, 1.54) is 4.90 Å². The maximum Gasteiger partial charge on any atom is 0.327 e. The average molecular weight is 213 g/mol. The van der Waals surface area contributed by atoms with Crippen molar-refractivity contribution in [2.75, 3.05) is 0 Å². The first-order chi connectivity index (χ1) is 6.65. The molecule has 1 amide bonds. The second-order valence-corrected chi connectivity index (χ2v) is 4.57. The second-order valence-electron chi connectivity index (χ2n) is 3.38. The normalized spacial score (nSPS) is 35.3. The van der Waals surface area contributed by atoms with E-state index in [-0.39, 0.29) is 17.2 Å². The first-order valence-electron chi connectivity index (χ1n) is 4.35. The van der Waals surface area contributed by atoms with Gasteiger partial charge in [0.2, 0.25) is 5.91 Å². The highest BCUT2D eigenvalue weighted by atomic mass is 32.1. The van der Waals surface area contributed by atoms with Gasteiger partial charge in [0.25, 0.3) is 0 Å². The van der Waals surface area contributed by atoms with Crippen molar-refractivity contribution >= 4 is 28.6 Å². The van der Waals surface area contributed by atoms with Crippen LogP contribution in [0.5, 0.6) is 0 Å². The molecule has 1 fully saturated rings. The maximum absolute atomic E-state index is 11.3. The number of hydrogen-bond acceptors (Lipinski definition) is 2. The largest absolute Gasteiger partial charge is 0.480 e. The summed E-state index contributed by atoms with van der Waals surface area (Å²) in [4.78, 5) is 23.7. The first-order valence-corrected chi connectivity index (χ1v) is 5.38. The van der Waals surface area contributed by atoms with Gasteiger partial charge in [0.15, 0.2) is 0 Å². The quantitative estimate of drug-likeness (QED) is 0.296. The molecule has 0 aromatic carbocycles. The number of aliphatic carboxylic acids is 1. The van der Waals surface area contributed by atoms with Crippen molar-refractivity contribution in [3.63, 3.8) is 0 Å². The highest BCUT2D eigenvalue weighted by Gasteiger charge is 2.47. The fraction of sp³-hybridized carbons (Fsp3) is 0.444. The van der Waals surface area contributed by atoms with E-state index in [4.69, 9.17) is 5.11 Å². The second kappa shape index (κ2) is 3.24. The van der Waals surface area contributed by atoms with Crippen molar-refractivity contribution < 1.29 is 14.7 Å². The zero-order chi connectivity index (χ0) is 10.3. The number of fused-ring (bicyclic) bond motifs is 1. The molecule has 0 saturated carbocycles. The van der Waals surface area contributed by atoms with Crippen LogP contribution in [-0.2, 0) is 9.59 Å². The van der Waals surface area contributed by atoms with E-state index in [1.54, 1.807) is 6.08 Å². The van der Waals surface area contributed by atoms with Crippen molar-refractivity contribution in [3.05, 3.63) is 12.7 Å². The molecule has 3 atom stereocenters. The fourth-order valence-corrected chi connectivity index (χ4v) is 3.18. The van der Waals surface area contributed by atoms with Crippen LogP contribution in [0, 0.1) is 5.92 Å². The van der Waals surface area contributed by atoms with E-state index in [0.29, 0.717) is 6.42 Å². The van der Waals surface area contributed by atoms with Crippen LogP contribution in [0.2, 0.25) is 0 Å². The molecular weight excluding hydrogens is 202 g/mol. The Balaban J connectivity index is 2.31. The van der Waals surface area contributed by atoms with Crippen molar-refractivity contribution in [3.8, 4) is 0 Å². The number of amides is 1. The number of carboxylic acid groups (broad SMARTS) is 1. The number of carbonyl (C=O) groups excluding carboxylic acids is 1. The molecule has 14 heavy (non-hydrogen) atoms. The summed E-state index contributed by atoms with van der Waals surface area (Å²) < 4.78 is 0. The molecule has 2 aliphatic heterocycles. The molecule has 2 aliphatic rings. The summed E-state index contributed by atoms with van der Waals surface area (Å²) in [6, 6.07) is -0.736. The van der Waals surface area contributed by atoms with Crippen LogP contribution in [0.3, 0.4) is 0 Å². The van der Waals surface area contributed by atoms with Crippen LogP contribution in [-0.4, -0.2) is 38.7 Å². The number of carbonyl (C=O) groups is 2. The summed E-state index contributed by atoms with van der Waals surface area (Å²) in [6.07, 6.45) is 2.07. The monoisotopic (exact) mass is 213 g/mol. The average Bonchev–Trinajstić information content (AvgIpc) is 2.15. The van der Waals surface area contributed by atoms with E-state index >= 15 is 0 Å². The first kappa shape index (κ1) is 9.45. The van der Waals surface area contributed by atoms with Gasteiger partial charge in [-0.15, -0.1) is 6.58 Å². The van der Waals surface area contributed by atoms with Gasteiger partial charge in [0.1, 0.15) is 6.04 Å². The molecule has 1 N–H and O–H groups in total. The molecule has 2 rings (SSSR count). The number of carboxylic acids is 1. The van der Waals surface area contributed by atoms with Gasteiger partial charge in [-0.25, -0.2) is 4.79 Å². The number of thiol groups is 1. The van der Waals surface area contributed by atoms with Crippen molar-refractivity contribution in [1.29, 1.82) is 0 Å². The summed E-state index contributed by atoms with van der Waals surface area (Å²) in [5.74, 6) is -1.23. The molecule has 2 heterocycles. The van der Waals surface area contributed by atoms with Gasteiger partial charge in [-0.1, -0.05) is 11.4 Å². The van der Waals surface area contributed by atoms with Gasteiger partial charge in [-0.2, -0.15) is 11.4 Å². The summed E-state index contributed by atoms with van der Waals surface area (Å²) in [5, 5.41) is 11.0. The van der Waals surface area contributed by atoms with Gasteiger partial charge in [-0.05, 0) is 0 Å². The lowest BCUT2D eigenvalue weighted by atomic mass is 9.96. The molecule has 0 aromatic rings. The van der Waals surface area contributed by atoms with Crippen molar-refractivity contribution in [2.24, 2.45) is 5.92 Å². The molecule has 5 heteroatoms. The predicted molar refractivity (Wildman–Crippen MR) is 55.4 cm³/mol. The Bertz CT molecular complexity index is 339. The van der Waals surface area contributed by atoms with Gasteiger partial charge in [0.05, 0.1) is 11.8 Å². The molecule has 0 spiro atoms.